The molecule has 156 valence electrons. The average molecular weight is 467 g/mol. The minimum absolute atomic E-state index is 0.0341. The standard InChI is InChI=1S/C25H28N2O2Se/c1-25(2,3)21-11-9-18(10-12-21)22-13-26-23(30-22)19-7-5-17(6-8-19)14-27-15-20(16-27)24(28)29-4/h5-13,20H,14-16H2,1-4H3. The number of methoxy groups -OCH3 is 1. The molecule has 1 aliphatic rings. The molecule has 0 bridgehead atoms. The van der Waals surface area contributed by atoms with Crippen molar-refractivity contribution in [2.24, 2.45) is 5.92 Å². The zero-order valence-corrected chi connectivity index (χ0v) is 19.7. The van der Waals surface area contributed by atoms with Crippen LogP contribution < -0.4 is 0 Å². The number of hydrogen-bond donors (Lipinski definition) is 0. The number of ether oxygens (including phenoxy) is 1. The van der Waals surface area contributed by atoms with Crippen molar-refractivity contribution in [2.75, 3.05) is 20.2 Å². The molecule has 0 amide bonds. The maximum absolute atomic E-state index is 11.5. The first-order valence-electron chi connectivity index (χ1n) is 10.3. The van der Waals surface area contributed by atoms with Crippen LogP contribution in [0.2, 0.25) is 0 Å². The van der Waals surface area contributed by atoms with E-state index in [1.54, 1.807) is 0 Å². The Morgan fingerprint density at radius 1 is 1.07 bits per heavy atom. The Bertz CT molecular complexity index is 1010. The van der Waals surface area contributed by atoms with Crippen LogP contribution in [0.5, 0.6) is 0 Å². The predicted octanol–water partition coefficient (Wildman–Crippen LogP) is 4.37. The Morgan fingerprint density at radius 2 is 1.70 bits per heavy atom. The molecule has 4 nitrogen and oxygen atoms in total. The molecule has 3 aromatic rings. The fourth-order valence-electron chi connectivity index (χ4n) is 3.70. The van der Waals surface area contributed by atoms with E-state index in [2.05, 4.69) is 74.2 Å². The average Bonchev–Trinajstić information content (AvgIpc) is 3.20. The first-order chi connectivity index (χ1) is 14.3. The molecule has 2 heterocycles. The van der Waals surface area contributed by atoms with Gasteiger partial charge in [0.15, 0.2) is 0 Å². The Balaban J connectivity index is 1.40. The molecule has 1 saturated heterocycles. The third-order valence-corrected chi connectivity index (χ3v) is 7.94. The van der Waals surface area contributed by atoms with Gasteiger partial charge in [-0.3, -0.25) is 0 Å². The van der Waals surface area contributed by atoms with Crippen LogP contribution in [0.25, 0.3) is 20.1 Å². The van der Waals surface area contributed by atoms with Gasteiger partial charge in [0.05, 0.1) is 0 Å². The molecule has 0 radical (unpaired) electrons. The molecular formula is C25H28N2O2Se. The SMILES string of the molecule is COC(=O)C1CN(Cc2ccc(-c3ncc(-c4ccc(C(C)(C)C)cc4)[se]3)cc2)C1. The molecule has 0 unspecified atom stereocenters. The van der Waals surface area contributed by atoms with Gasteiger partial charge in [-0.1, -0.05) is 0 Å². The van der Waals surface area contributed by atoms with Gasteiger partial charge >= 0.3 is 185 Å². The van der Waals surface area contributed by atoms with Crippen molar-refractivity contribution in [3.63, 3.8) is 0 Å². The Hall–Kier alpha value is -2.20. The molecule has 4 rings (SSSR count). The summed E-state index contributed by atoms with van der Waals surface area (Å²) in [6, 6.07) is 17.6. The second-order valence-electron chi connectivity index (χ2n) is 8.97. The molecule has 5 heteroatoms. The van der Waals surface area contributed by atoms with Crippen molar-refractivity contribution >= 4 is 20.5 Å². The zero-order valence-electron chi connectivity index (χ0n) is 18.0. The molecule has 1 aliphatic heterocycles. The van der Waals surface area contributed by atoms with Gasteiger partial charge in [0.1, 0.15) is 0 Å². The molecule has 0 aliphatic carbocycles. The van der Waals surface area contributed by atoms with Crippen molar-refractivity contribution < 1.29 is 9.53 Å². The zero-order chi connectivity index (χ0) is 21.3. The predicted molar refractivity (Wildman–Crippen MR) is 122 cm³/mol. The van der Waals surface area contributed by atoms with Gasteiger partial charge in [0.25, 0.3) is 0 Å². The third-order valence-electron chi connectivity index (χ3n) is 5.64. The van der Waals surface area contributed by atoms with Crippen LogP contribution in [0.1, 0.15) is 31.9 Å². The summed E-state index contributed by atoms with van der Waals surface area (Å²) in [6.45, 7) is 9.16. The van der Waals surface area contributed by atoms with Crippen LogP contribution in [0.15, 0.2) is 54.7 Å². The van der Waals surface area contributed by atoms with E-state index in [1.807, 2.05) is 6.20 Å². The van der Waals surface area contributed by atoms with E-state index < -0.39 is 0 Å². The number of carbonyl (C=O) groups excluding carboxylic acids is 1. The van der Waals surface area contributed by atoms with E-state index in [0.29, 0.717) is 0 Å². The van der Waals surface area contributed by atoms with Crippen molar-refractivity contribution in [1.29, 1.82) is 0 Å². The first-order valence-corrected chi connectivity index (χ1v) is 12.0. The molecule has 0 spiro atoms. The van der Waals surface area contributed by atoms with Gasteiger partial charge in [0.2, 0.25) is 0 Å². The summed E-state index contributed by atoms with van der Waals surface area (Å²) < 4.78 is 7.31. The number of hydrogen-bond acceptors (Lipinski definition) is 4. The quantitative estimate of drug-likeness (QED) is 0.413. The Labute approximate surface area is 184 Å². The van der Waals surface area contributed by atoms with Crippen molar-refractivity contribution in [2.45, 2.75) is 32.7 Å². The van der Waals surface area contributed by atoms with Gasteiger partial charge in [-0.2, -0.15) is 0 Å². The number of carbonyl (C=O) groups is 1. The Morgan fingerprint density at radius 3 is 2.30 bits per heavy atom. The van der Waals surface area contributed by atoms with Crippen LogP contribution >= 0.6 is 0 Å². The second kappa shape index (κ2) is 8.50. The van der Waals surface area contributed by atoms with Crippen LogP contribution in [0.4, 0.5) is 0 Å². The summed E-state index contributed by atoms with van der Waals surface area (Å²) in [7, 11) is 1.46. The van der Waals surface area contributed by atoms with E-state index in [1.165, 1.54) is 38.4 Å². The van der Waals surface area contributed by atoms with E-state index in [0.717, 1.165) is 19.6 Å². The van der Waals surface area contributed by atoms with Crippen LogP contribution in [-0.2, 0) is 21.5 Å². The fraction of sp³-hybridized carbons (Fsp3) is 0.360. The number of aromatic nitrogens is 1. The monoisotopic (exact) mass is 468 g/mol. The van der Waals surface area contributed by atoms with Gasteiger partial charge in [-0.15, -0.1) is 0 Å². The van der Waals surface area contributed by atoms with E-state index >= 15 is 0 Å². The Kier molecular flexibility index (Phi) is 5.97. The van der Waals surface area contributed by atoms with Crippen LogP contribution in [-0.4, -0.2) is 50.6 Å². The number of likely N-dealkylation sites (tertiary alicyclic amines) is 1. The molecule has 0 atom stereocenters. The molecule has 0 saturated carbocycles. The third kappa shape index (κ3) is 4.59. The summed E-state index contributed by atoms with van der Waals surface area (Å²) in [5.41, 5.74) is 5.27. The normalized spacial score (nSPS) is 15.1. The molecule has 2 aromatic carbocycles. The number of rotatable bonds is 5. The number of esters is 1. The molecular weight excluding hydrogens is 439 g/mol. The minimum atomic E-state index is -0.0978. The van der Waals surface area contributed by atoms with Gasteiger partial charge in [-0.05, 0) is 0 Å². The molecule has 30 heavy (non-hydrogen) atoms. The summed E-state index contributed by atoms with van der Waals surface area (Å²) >= 11 is 0.218. The second-order valence-corrected chi connectivity index (χ2v) is 11.1. The molecule has 1 fully saturated rings. The van der Waals surface area contributed by atoms with E-state index in [4.69, 9.17) is 9.72 Å². The van der Waals surface area contributed by atoms with E-state index in [9.17, 15) is 4.79 Å². The van der Waals surface area contributed by atoms with Crippen molar-refractivity contribution in [1.82, 2.24) is 9.88 Å². The summed E-state index contributed by atoms with van der Waals surface area (Å²) in [5.74, 6) is -0.0637. The first kappa shape index (κ1) is 21.0. The molecule has 1 aromatic heterocycles. The van der Waals surface area contributed by atoms with Crippen LogP contribution in [0.3, 0.4) is 0 Å². The van der Waals surface area contributed by atoms with Crippen molar-refractivity contribution in [3.05, 3.63) is 65.9 Å². The number of nitrogens with zero attached hydrogens (tertiary/aromatic N) is 2. The summed E-state index contributed by atoms with van der Waals surface area (Å²) in [5, 5.41) is 0. The van der Waals surface area contributed by atoms with Gasteiger partial charge < -0.3 is 0 Å². The summed E-state index contributed by atoms with van der Waals surface area (Å²) in [4.78, 5) is 18.5. The van der Waals surface area contributed by atoms with E-state index in [-0.39, 0.29) is 31.8 Å². The number of benzene rings is 2. The van der Waals surface area contributed by atoms with Gasteiger partial charge in [0, 0.05) is 0 Å². The summed E-state index contributed by atoms with van der Waals surface area (Å²) in [6.07, 6.45) is 2.03. The van der Waals surface area contributed by atoms with Gasteiger partial charge in [-0.25, -0.2) is 0 Å². The topological polar surface area (TPSA) is 42.4 Å². The van der Waals surface area contributed by atoms with Crippen LogP contribution in [0, 0.1) is 5.92 Å². The molecule has 0 N–H and O–H groups in total. The fourth-order valence-corrected chi connectivity index (χ4v) is 5.65. The van der Waals surface area contributed by atoms with Crippen molar-refractivity contribution in [3.8, 4) is 20.1 Å². The maximum atomic E-state index is 11.5.